The van der Waals surface area contributed by atoms with Gasteiger partial charge in [-0.15, -0.1) is 11.3 Å². The van der Waals surface area contributed by atoms with Gasteiger partial charge in [0.1, 0.15) is 5.82 Å². The highest BCUT2D eigenvalue weighted by Crippen LogP contribution is 2.37. The summed E-state index contributed by atoms with van der Waals surface area (Å²) in [5, 5.41) is 14.5. The molecule has 0 unspecified atom stereocenters. The summed E-state index contributed by atoms with van der Waals surface area (Å²) < 4.78 is 20.9. The number of hydrogen-bond donors (Lipinski definition) is 1. The van der Waals surface area contributed by atoms with Crippen LogP contribution in [0.2, 0.25) is 0 Å². The van der Waals surface area contributed by atoms with Crippen molar-refractivity contribution in [1.29, 1.82) is 0 Å². The van der Waals surface area contributed by atoms with Crippen LogP contribution >= 0.6 is 11.3 Å². The zero-order valence-electron chi connectivity index (χ0n) is 19.9. The number of hydrogen-bond acceptors (Lipinski definition) is 7. The van der Waals surface area contributed by atoms with Gasteiger partial charge in [0, 0.05) is 18.3 Å². The molecule has 0 spiro atoms. The number of rotatable bonds is 6. The van der Waals surface area contributed by atoms with Crippen molar-refractivity contribution >= 4 is 11.3 Å². The summed E-state index contributed by atoms with van der Waals surface area (Å²) in [6, 6.07) is 15.9. The second-order valence-electron chi connectivity index (χ2n) is 8.48. The predicted octanol–water partition coefficient (Wildman–Crippen LogP) is 5.70. The van der Waals surface area contributed by atoms with Gasteiger partial charge in [0.05, 0.1) is 21.7 Å². The molecule has 0 fully saturated rings. The lowest BCUT2D eigenvalue weighted by Crippen LogP contribution is -2.27. The lowest BCUT2D eigenvalue weighted by atomic mass is 10.1. The average Bonchev–Trinajstić information content (AvgIpc) is 3.46. The van der Waals surface area contributed by atoms with Crippen molar-refractivity contribution in [3.05, 3.63) is 93.5 Å². The minimum absolute atomic E-state index is 0.167. The molecule has 1 N–H and O–H groups in total. The molecule has 9 heteroatoms. The van der Waals surface area contributed by atoms with Crippen LogP contribution in [0, 0.1) is 26.6 Å². The van der Waals surface area contributed by atoms with E-state index in [1.54, 1.807) is 19.9 Å². The van der Waals surface area contributed by atoms with Crippen LogP contribution in [0.25, 0.3) is 32.5 Å². The molecule has 7 nitrogen and oxygen atoms in total. The first-order valence-corrected chi connectivity index (χ1v) is 12.2. The lowest BCUT2D eigenvalue weighted by Gasteiger charge is -2.16. The maximum atomic E-state index is 14.2. The Bertz CT molecular complexity index is 1620. The number of thiophene rings is 1. The Morgan fingerprint density at radius 3 is 2.56 bits per heavy atom. The summed E-state index contributed by atoms with van der Waals surface area (Å²) >= 11 is 1.39. The molecule has 36 heavy (non-hydrogen) atoms. The fraction of sp³-hybridized carbons (Fsp3) is 0.185. The maximum Gasteiger partial charge on any atom is 0.262 e. The number of phenolic OH excluding ortho intramolecular Hbond substituents is 1. The molecule has 0 bridgehead atoms. The highest BCUT2D eigenvalue weighted by molar-refractivity contribution is 7.19. The molecule has 2 aromatic carbocycles. The van der Waals surface area contributed by atoms with Crippen LogP contribution in [-0.4, -0.2) is 24.8 Å². The van der Waals surface area contributed by atoms with E-state index in [1.165, 1.54) is 28.0 Å². The Kier molecular flexibility index (Phi) is 6.24. The molecule has 3 heterocycles. The van der Waals surface area contributed by atoms with Crippen LogP contribution in [0.5, 0.6) is 5.75 Å². The van der Waals surface area contributed by atoms with Gasteiger partial charge >= 0.3 is 0 Å². The maximum absolute atomic E-state index is 14.2. The first-order chi connectivity index (χ1) is 17.3. The molecule has 0 aliphatic carbocycles. The van der Waals surface area contributed by atoms with E-state index in [-0.39, 0.29) is 16.9 Å². The number of para-hydroxylation sites is 1. The van der Waals surface area contributed by atoms with Crippen LogP contribution in [0.3, 0.4) is 0 Å². The van der Waals surface area contributed by atoms with Crippen LogP contribution < -0.4 is 5.56 Å². The number of aryl methyl sites for hydroxylation is 4. The normalized spacial score (nSPS) is 11.2. The van der Waals surface area contributed by atoms with E-state index in [1.807, 2.05) is 43.3 Å². The fourth-order valence-corrected chi connectivity index (χ4v) is 5.34. The highest BCUT2D eigenvalue weighted by atomic mass is 32.1. The Morgan fingerprint density at radius 2 is 1.83 bits per heavy atom. The van der Waals surface area contributed by atoms with E-state index in [2.05, 4.69) is 10.1 Å². The number of phenols is 1. The van der Waals surface area contributed by atoms with Crippen LogP contribution in [0.1, 0.15) is 22.7 Å². The average molecular weight is 503 g/mol. The third kappa shape index (κ3) is 4.33. The van der Waals surface area contributed by atoms with Crippen LogP contribution in [0.15, 0.2) is 63.9 Å². The summed E-state index contributed by atoms with van der Waals surface area (Å²) in [5.41, 5.74) is 2.78. The van der Waals surface area contributed by atoms with E-state index in [4.69, 9.17) is 9.51 Å². The standard InChI is InChI=1S/C27H23FN4O3S/c1-15-14-21(36-24(15)25-30-17(3)35-31-25)22-16(2)29-26(19-10-7-11-20(28)23(19)33)32(27(22)34)13-12-18-8-5-4-6-9-18/h4-11,14,33H,12-13H2,1-3H3. The SMILES string of the molecule is Cc1nc(-c2sc(-c3c(C)nc(-c4cccc(F)c4O)n(CCc4ccccc4)c3=O)cc2C)no1. The quantitative estimate of drug-likeness (QED) is 0.320. The van der Waals surface area contributed by atoms with Crippen molar-refractivity contribution in [2.75, 3.05) is 0 Å². The zero-order valence-corrected chi connectivity index (χ0v) is 20.8. The minimum Gasteiger partial charge on any atom is -0.504 e. The Labute approximate surface area is 210 Å². The fourth-order valence-electron chi connectivity index (χ4n) is 4.16. The molecule has 0 amide bonds. The Balaban J connectivity index is 1.67. The van der Waals surface area contributed by atoms with E-state index >= 15 is 0 Å². The summed E-state index contributed by atoms with van der Waals surface area (Å²) in [4.78, 5) is 24.5. The topological polar surface area (TPSA) is 94.0 Å². The van der Waals surface area contributed by atoms with Gasteiger partial charge in [0.25, 0.3) is 5.56 Å². The van der Waals surface area contributed by atoms with E-state index < -0.39 is 11.6 Å². The van der Waals surface area contributed by atoms with Crippen molar-refractivity contribution < 1.29 is 14.0 Å². The number of benzene rings is 2. The lowest BCUT2D eigenvalue weighted by molar-refractivity contribution is 0.394. The van der Waals surface area contributed by atoms with E-state index in [0.717, 1.165) is 20.9 Å². The first kappa shape index (κ1) is 23.6. The molecule has 0 radical (unpaired) electrons. The van der Waals surface area contributed by atoms with Crippen LogP contribution in [-0.2, 0) is 13.0 Å². The van der Waals surface area contributed by atoms with E-state index in [0.29, 0.717) is 35.9 Å². The van der Waals surface area contributed by atoms with Gasteiger partial charge in [-0.3, -0.25) is 9.36 Å². The molecule has 0 atom stereocenters. The Morgan fingerprint density at radius 1 is 1.06 bits per heavy atom. The highest BCUT2D eigenvalue weighted by Gasteiger charge is 2.23. The van der Waals surface area contributed by atoms with Gasteiger partial charge in [-0.1, -0.05) is 41.6 Å². The predicted molar refractivity (Wildman–Crippen MR) is 137 cm³/mol. The van der Waals surface area contributed by atoms with E-state index in [9.17, 15) is 14.3 Å². The largest absolute Gasteiger partial charge is 0.504 e. The summed E-state index contributed by atoms with van der Waals surface area (Å²) in [6.07, 6.45) is 0.560. The molecular weight excluding hydrogens is 479 g/mol. The molecule has 0 saturated heterocycles. The molecule has 0 aliphatic heterocycles. The second-order valence-corrected chi connectivity index (χ2v) is 9.54. The molecule has 182 valence electrons. The smallest absolute Gasteiger partial charge is 0.262 e. The van der Waals surface area contributed by atoms with Crippen molar-refractivity contribution in [2.24, 2.45) is 0 Å². The van der Waals surface area contributed by atoms with Gasteiger partial charge in [0.15, 0.2) is 11.6 Å². The molecule has 0 aliphatic rings. The van der Waals surface area contributed by atoms with Gasteiger partial charge in [-0.05, 0) is 49.6 Å². The number of halogens is 1. The second kappa shape index (κ2) is 9.50. The number of nitrogens with zero attached hydrogens (tertiary/aromatic N) is 4. The van der Waals surface area contributed by atoms with Crippen molar-refractivity contribution in [3.8, 4) is 38.3 Å². The molecule has 5 rings (SSSR count). The van der Waals surface area contributed by atoms with Crippen LogP contribution in [0.4, 0.5) is 4.39 Å². The third-order valence-corrected chi connectivity index (χ3v) is 7.19. The van der Waals surface area contributed by atoms with Gasteiger partial charge < -0.3 is 9.63 Å². The summed E-state index contributed by atoms with van der Waals surface area (Å²) in [7, 11) is 0. The van der Waals surface area contributed by atoms with Crippen molar-refractivity contribution in [2.45, 2.75) is 33.7 Å². The number of aromatic hydroxyl groups is 1. The molecule has 3 aromatic heterocycles. The first-order valence-electron chi connectivity index (χ1n) is 11.4. The minimum atomic E-state index is -0.771. The van der Waals surface area contributed by atoms with Gasteiger partial charge in [-0.25, -0.2) is 9.37 Å². The third-order valence-electron chi connectivity index (χ3n) is 5.94. The van der Waals surface area contributed by atoms with Crippen molar-refractivity contribution in [1.82, 2.24) is 19.7 Å². The Hall–Kier alpha value is -4.11. The van der Waals surface area contributed by atoms with Gasteiger partial charge in [0.2, 0.25) is 11.7 Å². The van der Waals surface area contributed by atoms with Crippen molar-refractivity contribution in [3.63, 3.8) is 0 Å². The molecule has 0 saturated carbocycles. The summed E-state index contributed by atoms with van der Waals surface area (Å²) in [5.74, 6) is -0.160. The number of aromatic nitrogens is 4. The van der Waals surface area contributed by atoms with Gasteiger partial charge in [-0.2, -0.15) is 4.98 Å². The zero-order chi connectivity index (χ0) is 25.4. The molecule has 5 aromatic rings. The molecular formula is C27H23FN4O3S. The summed E-state index contributed by atoms with van der Waals surface area (Å²) in [6.45, 7) is 5.69. The monoisotopic (exact) mass is 502 g/mol.